The molecule has 0 aromatic carbocycles. The van der Waals surface area contributed by atoms with Gasteiger partial charge in [-0.3, -0.25) is 24.2 Å². The van der Waals surface area contributed by atoms with Crippen LogP contribution in [0.2, 0.25) is 0 Å². The van der Waals surface area contributed by atoms with E-state index in [1.165, 1.54) is 9.80 Å². The monoisotopic (exact) mass is 483 g/mol. The molecule has 0 saturated carbocycles. The van der Waals surface area contributed by atoms with E-state index in [2.05, 4.69) is 10.3 Å². The first-order chi connectivity index (χ1) is 16.0. The topological polar surface area (TPSA) is 235 Å². The Morgan fingerprint density at radius 1 is 1.00 bits per heavy atom. The number of carbonyl (C=O) groups excluding carboxylic acids is 3. The van der Waals surface area contributed by atoms with Crippen LogP contribution in [0.5, 0.6) is 0 Å². The number of carboxylic acid groups (broad SMARTS) is 2. The first kappa shape index (κ1) is 26.8. The Morgan fingerprint density at radius 3 is 2.21 bits per heavy atom. The van der Waals surface area contributed by atoms with Gasteiger partial charge in [0.1, 0.15) is 18.1 Å². The van der Waals surface area contributed by atoms with Gasteiger partial charge in [-0.05, 0) is 38.5 Å². The van der Waals surface area contributed by atoms with Gasteiger partial charge in [-0.1, -0.05) is 0 Å². The highest BCUT2D eigenvalue weighted by atomic mass is 16.4. The molecule has 2 aliphatic rings. The maximum atomic E-state index is 13.3. The molecule has 0 spiro atoms. The van der Waals surface area contributed by atoms with E-state index >= 15 is 0 Å². The highest BCUT2D eigenvalue weighted by molar-refractivity contribution is 5.95. The van der Waals surface area contributed by atoms with Crippen LogP contribution in [0.15, 0.2) is 4.99 Å². The summed E-state index contributed by atoms with van der Waals surface area (Å²) in [6.45, 7) is 0.966. The maximum absolute atomic E-state index is 13.3. The first-order valence-corrected chi connectivity index (χ1v) is 11.2. The van der Waals surface area contributed by atoms with Gasteiger partial charge in [0, 0.05) is 19.6 Å². The average molecular weight is 484 g/mol. The second-order valence-corrected chi connectivity index (χ2v) is 8.43. The summed E-state index contributed by atoms with van der Waals surface area (Å²) in [7, 11) is 0. The third-order valence-corrected chi connectivity index (χ3v) is 5.94. The van der Waals surface area contributed by atoms with E-state index in [-0.39, 0.29) is 18.4 Å². The third-order valence-electron chi connectivity index (χ3n) is 5.94. The minimum absolute atomic E-state index is 0.0491. The van der Waals surface area contributed by atoms with Crippen molar-refractivity contribution < 1.29 is 34.2 Å². The fourth-order valence-corrected chi connectivity index (χ4v) is 4.28. The van der Waals surface area contributed by atoms with E-state index < -0.39 is 54.3 Å². The Balaban J connectivity index is 2.02. The Morgan fingerprint density at radius 2 is 1.62 bits per heavy atom. The second kappa shape index (κ2) is 12.2. The summed E-state index contributed by atoms with van der Waals surface area (Å²) < 4.78 is 0. The zero-order valence-corrected chi connectivity index (χ0v) is 18.9. The lowest BCUT2D eigenvalue weighted by molar-refractivity contribution is -0.149. The highest BCUT2D eigenvalue weighted by Gasteiger charge is 2.43. The molecule has 4 unspecified atom stereocenters. The third kappa shape index (κ3) is 7.04. The van der Waals surface area contributed by atoms with E-state index in [4.69, 9.17) is 22.3 Å². The fourth-order valence-electron chi connectivity index (χ4n) is 4.28. The summed E-state index contributed by atoms with van der Waals surface area (Å²) in [5, 5.41) is 20.3. The van der Waals surface area contributed by atoms with Crippen molar-refractivity contribution in [2.24, 2.45) is 22.2 Å². The summed E-state index contributed by atoms with van der Waals surface area (Å²) in [6, 6.07) is -4.13. The predicted octanol–water partition coefficient (Wildman–Crippen LogP) is -2.61. The van der Waals surface area contributed by atoms with Crippen molar-refractivity contribution >= 4 is 35.6 Å². The molecule has 4 atom stereocenters. The molecule has 34 heavy (non-hydrogen) atoms. The number of aliphatic carboxylic acids is 2. The van der Waals surface area contributed by atoms with Crippen LogP contribution in [0.4, 0.5) is 0 Å². The van der Waals surface area contributed by atoms with E-state index in [0.29, 0.717) is 51.6 Å². The van der Waals surface area contributed by atoms with Gasteiger partial charge in [0.15, 0.2) is 5.96 Å². The van der Waals surface area contributed by atoms with E-state index in [1.807, 2.05) is 0 Å². The SMILES string of the molecule is NC(N)=NCCCC(N)C(=O)N1CCCC1C(=O)N1CCCC1C(=O)NC(CC(=O)O)C(=O)O. The van der Waals surface area contributed by atoms with Crippen LogP contribution in [0.1, 0.15) is 44.9 Å². The van der Waals surface area contributed by atoms with E-state index in [1.54, 1.807) is 0 Å². The summed E-state index contributed by atoms with van der Waals surface area (Å²) in [5.41, 5.74) is 16.6. The molecule has 190 valence electrons. The standard InChI is InChI=1S/C20H33N7O7/c21-11(4-1-7-24-20(22)23)17(31)27-9-3-6-14(27)18(32)26-8-2-5-13(26)16(30)25-12(19(33)34)10-15(28)29/h11-14H,1-10,21H2,(H,25,30)(H,28,29)(H,33,34)(H4,22,23,24). The van der Waals surface area contributed by atoms with Crippen LogP contribution < -0.4 is 22.5 Å². The molecule has 2 fully saturated rings. The lowest BCUT2D eigenvalue weighted by Gasteiger charge is -2.32. The number of nitrogens with two attached hydrogens (primary N) is 3. The van der Waals surface area contributed by atoms with Crippen molar-refractivity contribution in [3.63, 3.8) is 0 Å². The summed E-state index contributed by atoms with van der Waals surface area (Å²) in [6.07, 6.45) is 1.90. The molecule has 0 bridgehead atoms. The minimum atomic E-state index is -1.61. The lowest BCUT2D eigenvalue weighted by Crippen LogP contribution is -2.56. The zero-order valence-electron chi connectivity index (χ0n) is 18.9. The number of rotatable bonds is 11. The van der Waals surface area contributed by atoms with Crippen LogP contribution in [-0.2, 0) is 24.0 Å². The lowest BCUT2D eigenvalue weighted by atomic mass is 10.1. The smallest absolute Gasteiger partial charge is 0.326 e. The average Bonchev–Trinajstić information content (AvgIpc) is 3.44. The first-order valence-electron chi connectivity index (χ1n) is 11.2. The molecular weight excluding hydrogens is 450 g/mol. The molecule has 2 aliphatic heterocycles. The van der Waals surface area contributed by atoms with Gasteiger partial charge in [0.25, 0.3) is 0 Å². The molecule has 2 rings (SSSR count). The van der Waals surface area contributed by atoms with Crippen LogP contribution in [0.25, 0.3) is 0 Å². The molecule has 2 saturated heterocycles. The van der Waals surface area contributed by atoms with Gasteiger partial charge in [-0.15, -0.1) is 0 Å². The Hall–Kier alpha value is -3.42. The van der Waals surface area contributed by atoms with Gasteiger partial charge in [0.2, 0.25) is 17.7 Å². The summed E-state index contributed by atoms with van der Waals surface area (Å²) in [4.78, 5) is 67.7. The molecular formula is C20H33N7O7. The van der Waals surface area contributed by atoms with Crippen LogP contribution >= 0.6 is 0 Å². The Bertz CT molecular complexity index is 830. The number of guanidine groups is 1. The maximum Gasteiger partial charge on any atom is 0.326 e. The number of carbonyl (C=O) groups is 5. The largest absolute Gasteiger partial charge is 0.481 e. The number of carboxylic acids is 2. The van der Waals surface area contributed by atoms with Gasteiger partial charge in [-0.25, -0.2) is 4.79 Å². The van der Waals surface area contributed by atoms with Gasteiger partial charge >= 0.3 is 11.9 Å². The quantitative estimate of drug-likeness (QED) is 0.102. The van der Waals surface area contributed by atoms with E-state index in [0.717, 1.165) is 0 Å². The number of amides is 3. The molecule has 0 aromatic heterocycles. The van der Waals surface area contributed by atoms with Gasteiger partial charge in [-0.2, -0.15) is 0 Å². The zero-order chi connectivity index (χ0) is 25.4. The second-order valence-electron chi connectivity index (χ2n) is 8.43. The van der Waals surface area contributed by atoms with Crippen molar-refractivity contribution in [2.75, 3.05) is 19.6 Å². The Kier molecular flexibility index (Phi) is 9.59. The number of nitrogens with one attached hydrogen (secondary N) is 1. The van der Waals surface area contributed by atoms with Crippen LogP contribution in [-0.4, -0.2) is 99.4 Å². The number of hydrogen-bond donors (Lipinski definition) is 6. The highest BCUT2D eigenvalue weighted by Crippen LogP contribution is 2.26. The summed E-state index contributed by atoms with van der Waals surface area (Å²) >= 11 is 0. The van der Waals surface area contributed by atoms with Gasteiger partial charge in [0.05, 0.1) is 12.5 Å². The molecule has 0 aliphatic carbocycles. The number of nitrogens with zero attached hydrogens (tertiary/aromatic N) is 3. The van der Waals surface area contributed by atoms with Crippen molar-refractivity contribution in [3.8, 4) is 0 Å². The summed E-state index contributed by atoms with van der Waals surface area (Å²) in [5.74, 6) is -4.40. The molecule has 2 heterocycles. The number of aliphatic imine (C=N–C) groups is 1. The molecule has 3 amide bonds. The van der Waals surface area contributed by atoms with Crippen molar-refractivity contribution in [2.45, 2.75) is 69.1 Å². The van der Waals surface area contributed by atoms with Crippen LogP contribution in [0.3, 0.4) is 0 Å². The van der Waals surface area contributed by atoms with Crippen molar-refractivity contribution in [3.05, 3.63) is 0 Å². The fraction of sp³-hybridized carbons (Fsp3) is 0.700. The predicted molar refractivity (Wildman–Crippen MR) is 119 cm³/mol. The molecule has 0 radical (unpaired) electrons. The Labute approximate surface area is 196 Å². The number of likely N-dealkylation sites (tertiary alicyclic amines) is 2. The minimum Gasteiger partial charge on any atom is -0.481 e. The molecule has 14 heteroatoms. The van der Waals surface area contributed by atoms with Crippen molar-refractivity contribution in [1.82, 2.24) is 15.1 Å². The molecule has 9 N–H and O–H groups in total. The van der Waals surface area contributed by atoms with Crippen LogP contribution in [0, 0.1) is 0 Å². The molecule has 14 nitrogen and oxygen atoms in total. The number of hydrogen-bond acceptors (Lipinski definition) is 7. The van der Waals surface area contributed by atoms with Gasteiger partial charge < -0.3 is 42.5 Å². The molecule has 0 aromatic rings. The van der Waals surface area contributed by atoms with E-state index in [9.17, 15) is 29.1 Å². The normalized spacial score (nSPS) is 21.6. The van der Waals surface area contributed by atoms with Crippen molar-refractivity contribution in [1.29, 1.82) is 0 Å².